The Morgan fingerprint density at radius 2 is 1.45 bits per heavy atom. The molecule has 0 bridgehead atoms. The van der Waals surface area contributed by atoms with Crippen LogP contribution in [0.5, 0.6) is 5.75 Å². The summed E-state index contributed by atoms with van der Waals surface area (Å²) in [4.78, 5) is 47.5. The summed E-state index contributed by atoms with van der Waals surface area (Å²) in [5, 5.41) is 2.75. The Bertz CT molecular complexity index is 932. The molecular weight excluding hydrogens is 398 g/mol. The molecule has 1 atom stereocenters. The Hall–Kier alpha value is -3.48. The normalized spacial score (nSPS) is 11.5. The maximum absolute atomic E-state index is 12.5. The average molecular weight is 425 g/mol. The minimum Gasteiger partial charge on any atom is -0.493 e. The minimum atomic E-state index is -0.946. The van der Waals surface area contributed by atoms with Crippen LogP contribution in [0.2, 0.25) is 0 Å². The average Bonchev–Trinajstić information content (AvgIpc) is 2.74. The van der Waals surface area contributed by atoms with Crippen LogP contribution >= 0.6 is 0 Å². The van der Waals surface area contributed by atoms with Gasteiger partial charge in [0.15, 0.2) is 11.9 Å². The molecule has 0 aromatic heterocycles. The third kappa shape index (κ3) is 7.37. The van der Waals surface area contributed by atoms with Gasteiger partial charge in [0, 0.05) is 22.7 Å². The van der Waals surface area contributed by atoms with Gasteiger partial charge in [-0.25, -0.2) is 0 Å². The molecule has 2 aromatic carbocycles. The number of hydrogen-bond acceptors (Lipinski definition) is 6. The largest absolute Gasteiger partial charge is 0.493 e. The summed E-state index contributed by atoms with van der Waals surface area (Å²) in [6.45, 7) is 6.66. The summed E-state index contributed by atoms with van der Waals surface area (Å²) in [6, 6.07) is 13.0. The number of Topliss-reactive ketones (excluding diaryl/α,β-unsaturated/α-hetero) is 2. The van der Waals surface area contributed by atoms with E-state index in [1.165, 1.54) is 13.8 Å². The van der Waals surface area contributed by atoms with Crippen molar-refractivity contribution < 1.29 is 28.7 Å². The van der Waals surface area contributed by atoms with E-state index < -0.39 is 12.1 Å². The third-order valence-electron chi connectivity index (χ3n) is 4.47. The Morgan fingerprint density at radius 1 is 0.871 bits per heavy atom. The third-order valence-corrected chi connectivity index (χ3v) is 4.47. The molecule has 0 radical (unpaired) electrons. The van der Waals surface area contributed by atoms with Crippen molar-refractivity contribution in [2.24, 2.45) is 5.92 Å². The predicted molar refractivity (Wildman–Crippen MR) is 116 cm³/mol. The van der Waals surface area contributed by atoms with Crippen LogP contribution in [0.15, 0.2) is 48.5 Å². The van der Waals surface area contributed by atoms with Crippen molar-refractivity contribution in [3.8, 4) is 5.75 Å². The van der Waals surface area contributed by atoms with Gasteiger partial charge in [-0.1, -0.05) is 13.8 Å². The van der Waals surface area contributed by atoms with E-state index in [4.69, 9.17) is 9.47 Å². The van der Waals surface area contributed by atoms with Crippen LogP contribution in [0.3, 0.4) is 0 Å². The molecule has 1 unspecified atom stereocenters. The molecule has 0 saturated carbocycles. The van der Waals surface area contributed by atoms with Crippen molar-refractivity contribution in [2.75, 3.05) is 11.9 Å². The summed E-state index contributed by atoms with van der Waals surface area (Å²) in [7, 11) is 0. The maximum atomic E-state index is 12.5. The molecular formula is C24H27NO6. The van der Waals surface area contributed by atoms with Gasteiger partial charge < -0.3 is 14.8 Å². The van der Waals surface area contributed by atoms with E-state index in [-0.39, 0.29) is 36.4 Å². The molecule has 0 saturated heterocycles. The molecule has 1 amide bonds. The van der Waals surface area contributed by atoms with Gasteiger partial charge in [0.05, 0.1) is 13.0 Å². The molecule has 0 aliphatic rings. The first-order chi connectivity index (χ1) is 14.7. The lowest BCUT2D eigenvalue weighted by atomic mass is 10.1. The number of amides is 1. The number of rotatable bonds is 10. The molecule has 1 N–H and O–H groups in total. The SMILES string of the molecule is CC(=O)c1ccc(OCCC(=O)OC(C)C(=O)c2ccc(NC(=O)C(C)C)cc2)cc1. The smallest absolute Gasteiger partial charge is 0.309 e. The van der Waals surface area contributed by atoms with Gasteiger partial charge in [-0.05, 0) is 62.4 Å². The first-order valence-corrected chi connectivity index (χ1v) is 10.1. The number of ketones is 2. The van der Waals surface area contributed by atoms with Crippen molar-refractivity contribution in [3.63, 3.8) is 0 Å². The van der Waals surface area contributed by atoms with Crippen LogP contribution in [0.4, 0.5) is 5.69 Å². The fraction of sp³-hybridized carbons (Fsp3) is 0.333. The van der Waals surface area contributed by atoms with Gasteiger partial charge in [-0.2, -0.15) is 0 Å². The summed E-state index contributed by atoms with van der Waals surface area (Å²) < 4.78 is 10.7. The fourth-order valence-electron chi connectivity index (χ4n) is 2.59. The zero-order valence-electron chi connectivity index (χ0n) is 18.1. The van der Waals surface area contributed by atoms with Crippen molar-refractivity contribution >= 4 is 29.1 Å². The lowest BCUT2D eigenvalue weighted by Gasteiger charge is -2.13. The van der Waals surface area contributed by atoms with Crippen molar-refractivity contribution in [1.82, 2.24) is 0 Å². The Kier molecular flexibility index (Phi) is 8.49. The van der Waals surface area contributed by atoms with E-state index in [0.29, 0.717) is 22.6 Å². The highest BCUT2D eigenvalue weighted by Crippen LogP contribution is 2.15. The van der Waals surface area contributed by atoms with Crippen LogP contribution in [-0.2, 0) is 14.3 Å². The fourth-order valence-corrected chi connectivity index (χ4v) is 2.59. The van der Waals surface area contributed by atoms with E-state index in [2.05, 4.69) is 5.32 Å². The molecule has 7 nitrogen and oxygen atoms in total. The zero-order chi connectivity index (χ0) is 23.0. The zero-order valence-corrected chi connectivity index (χ0v) is 18.1. The van der Waals surface area contributed by atoms with Crippen molar-refractivity contribution in [3.05, 3.63) is 59.7 Å². The quantitative estimate of drug-likeness (QED) is 0.455. The highest BCUT2D eigenvalue weighted by Gasteiger charge is 2.19. The second-order valence-electron chi connectivity index (χ2n) is 7.40. The predicted octanol–water partition coefficient (Wildman–Crippen LogP) is 4.07. The molecule has 0 spiro atoms. The lowest BCUT2D eigenvalue weighted by Crippen LogP contribution is -2.25. The van der Waals surface area contributed by atoms with Crippen LogP contribution in [0.25, 0.3) is 0 Å². The van der Waals surface area contributed by atoms with Crippen molar-refractivity contribution in [1.29, 1.82) is 0 Å². The van der Waals surface area contributed by atoms with Crippen LogP contribution < -0.4 is 10.1 Å². The first-order valence-electron chi connectivity index (χ1n) is 10.1. The van der Waals surface area contributed by atoms with E-state index in [1.807, 2.05) is 0 Å². The van der Waals surface area contributed by atoms with Gasteiger partial charge >= 0.3 is 5.97 Å². The van der Waals surface area contributed by atoms with Crippen molar-refractivity contribution in [2.45, 2.75) is 40.2 Å². The minimum absolute atomic E-state index is 0.0216. The Morgan fingerprint density at radius 3 is 2.00 bits per heavy atom. The maximum Gasteiger partial charge on any atom is 0.309 e. The van der Waals surface area contributed by atoms with Gasteiger partial charge in [-0.3, -0.25) is 19.2 Å². The van der Waals surface area contributed by atoms with Crippen LogP contribution in [0, 0.1) is 5.92 Å². The number of benzene rings is 2. The summed E-state index contributed by atoms with van der Waals surface area (Å²) in [6.07, 6.45) is -0.967. The second kappa shape index (κ2) is 11.1. The molecule has 0 aliphatic heterocycles. The highest BCUT2D eigenvalue weighted by molar-refractivity contribution is 6.01. The number of carbonyl (C=O) groups excluding carboxylic acids is 4. The molecule has 31 heavy (non-hydrogen) atoms. The van der Waals surface area contributed by atoms with E-state index in [9.17, 15) is 19.2 Å². The second-order valence-corrected chi connectivity index (χ2v) is 7.40. The number of nitrogens with one attached hydrogen (secondary N) is 1. The van der Waals surface area contributed by atoms with Gasteiger partial charge in [0.1, 0.15) is 5.75 Å². The lowest BCUT2D eigenvalue weighted by molar-refractivity contribution is -0.146. The monoisotopic (exact) mass is 425 g/mol. The van der Waals surface area contributed by atoms with Crippen LogP contribution in [-0.4, -0.2) is 36.2 Å². The molecule has 164 valence electrons. The summed E-state index contributed by atoms with van der Waals surface area (Å²) in [5.41, 5.74) is 1.55. The molecule has 7 heteroatoms. The Labute approximate surface area is 181 Å². The topological polar surface area (TPSA) is 98.8 Å². The van der Waals surface area contributed by atoms with Gasteiger partial charge in [0.25, 0.3) is 0 Å². The molecule has 0 heterocycles. The molecule has 2 rings (SSSR count). The number of anilines is 1. The molecule has 0 aliphatic carbocycles. The Balaban J connectivity index is 1.80. The molecule has 2 aromatic rings. The van der Waals surface area contributed by atoms with Gasteiger partial charge in [-0.15, -0.1) is 0 Å². The van der Waals surface area contributed by atoms with E-state index in [1.54, 1.807) is 62.4 Å². The van der Waals surface area contributed by atoms with E-state index >= 15 is 0 Å². The van der Waals surface area contributed by atoms with Gasteiger partial charge in [0.2, 0.25) is 11.7 Å². The first kappa shape index (κ1) is 23.8. The number of hydrogen-bond donors (Lipinski definition) is 1. The molecule has 0 fully saturated rings. The summed E-state index contributed by atoms with van der Waals surface area (Å²) in [5.74, 6) is -0.656. The van der Waals surface area contributed by atoms with E-state index in [0.717, 1.165) is 0 Å². The highest BCUT2D eigenvalue weighted by atomic mass is 16.5. The summed E-state index contributed by atoms with van der Waals surface area (Å²) >= 11 is 0. The number of ether oxygens (including phenoxy) is 2. The number of esters is 1. The number of carbonyl (C=O) groups is 4. The standard InChI is InChI=1S/C24H27NO6/c1-15(2)24(29)25-20-9-5-19(6-10-20)23(28)17(4)31-22(27)13-14-30-21-11-7-18(8-12-21)16(3)26/h5-12,15,17H,13-14H2,1-4H3,(H,25,29). The van der Waals surface area contributed by atoms with Crippen LogP contribution in [0.1, 0.15) is 54.8 Å².